The van der Waals surface area contributed by atoms with Crippen LogP contribution >= 0.6 is 0 Å². The first-order valence-corrected chi connectivity index (χ1v) is 6.08. The molecule has 18 heavy (non-hydrogen) atoms. The van der Waals surface area contributed by atoms with Gasteiger partial charge in [0.25, 0.3) is 0 Å². The number of benzene rings is 1. The van der Waals surface area contributed by atoms with Gasteiger partial charge in [0.15, 0.2) is 11.5 Å². The molecule has 0 saturated heterocycles. The van der Waals surface area contributed by atoms with Crippen LogP contribution in [-0.2, 0) is 12.1 Å². The monoisotopic (exact) mass is 255 g/mol. The normalized spacial score (nSPS) is 11.4. The number of hydrogen-bond acceptors (Lipinski definition) is 3. The van der Waals surface area contributed by atoms with Crippen molar-refractivity contribution in [1.29, 1.82) is 0 Å². The van der Waals surface area contributed by atoms with E-state index in [1.807, 2.05) is 12.1 Å². The van der Waals surface area contributed by atoms with E-state index >= 15 is 0 Å². The van der Waals surface area contributed by atoms with Crippen LogP contribution in [0.3, 0.4) is 0 Å². The average molecular weight is 255 g/mol. The molecule has 0 spiro atoms. The quantitative estimate of drug-likeness (QED) is 0.850. The maximum absolute atomic E-state index is 14.2. The lowest BCUT2D eigenvalue weighted by atomic mass is 9.95. The number of hydrogen-bond donors (Lipinski definition) is 1. The lowest BCUT2D eigenvalue weighted by molar-refractivity contribution is 0.211. The molecule has 2 N–H and O–H groups in total. The first-order chi connectivity index (χ1) is 8.43. The molecule has 102 valence electrons. The summed E-state index contributed by atoms with van der Waals surface area (Å²) in [5.41, 5.74) is 5.55. The minimum Gasteiger partial charge on any atom is -0.493 e. The summed E-state index contributed by atoms with van der Waals surface area (Å²) in [6.07, 6.45) is 1.67. The Hall–Kier alpha value is -1.29. The highest BCUT2D eigenvalue weighted by Gasteiger charge is 2.26. The topological polar surface area (TPSA) is 44.5 Å². The second-order valence-corrected chi connectivity index (χ2v) is 4.74. The number of methoxy groups -OCH3 is 2. The van der Waals surface area contributed by atoms with Crippen LogP contribution in [0.1, 0.15) is 31.4 Å². The smallest absolute Gasteiger partial charge is 0.167 e. The Morgan fingerprint density at radius 1 is 1.22 bits per heavy atom. The Labute approximate surface area is 108 Å². The minimum atomic E-state index is -1.47. The molecule has 0 heterocycles. The molecule has 0 aliphatic rings. The summed E-state index contributed by atoms with van der Waals surface area (Å²) >= 11 is 0. The van der Waals surface area contributed by atoms with Gasteiger partial charge < -0.3 is 15.2 Å². The largest absolute Gasteiger partial charge is 0.493 e. The van der Waals surface area contributed by atoms with Gasteiger partial charge in [-0.05, 0) is 50.9 Å². The van der Waals surface area contributed by atoms with Gasteiger partial charge in [-0.2, -0.15) is 0 Å². The summed E-state index contributed by atoms with van der Waals surface area (Å²) < 4.78 is 24.8. The van der Waals surface area contributed by atoms with Crippen LogP contribution in [0.15, 0.2) is 12.1 Å². The van der Waals surface area contributed by atoms with Gasteiger partial charge in [-0.25, -0.2) is 4.39 Å². The van der Waals surface area contributed by atoms with Crippen molar-refractivity contribution in [3.05, 3.63) is 23.3 Å². The van der Waals surface area contributed by atoms with Gasteiger partial charge >= 0.3 is 0 Å². The number of nitrogens with two attached hydrogens (primary N) is 1. The van der Waals surface area contributed by atoms with E-state index in [2.05, 4.69) is 0 Å². The molecule has 0 radical (unpaired) electrons. The van der Waals surface area contributed by atoms with Crippen LogP contribution < -0.4 is 15.2 Å². The van der Waals surface area contributed by atoms with Gasteiger partial charge in [-0.3, -0.25) is 0 Å². The molecule has 0 saturated carbocycles. The SMILES string of the molecule is COc1cc(CCCN)cc(C(C)(C)F)c1OC. The zero-order valence-electron chi connectivity index (χ0n) is 11.5. The van der Waals surface area contributed by atoms with E-state index in [0.717, 1.165) is 18.4 Å². The third kappa shape index (κ3) is 3.35. The van der Waals surface area contributed by atoms with Gasteiger partial charge in [-0.1, -0.05) is 0 Å². The molecule has 0 fully saturated rings. The molecule has 0 amide bonds. The second kappa shape index (κ2) is 6.05. The first kappa shape index (κ1) is 14.8. The Bertz CT molecular complexity index is 400. The third-order valence-electron chi connectivity index (χ3n) is 2.85. The molecule has 0 atom stereocenters. The predicted molar refractivity (Wildman–Crippen MR) is 71.1 cm³/mol. The Balaban J connectivity index is 3.27. The molecular weight excluding hydrogens is 233 g/mol. The zero-order chi connectivity index (χ0) is 13.8. The summed E-state index contributed by atoms with van der Waals surface area (Å²) in [7, 11) is 3.08. The second-order valence-electron chi connectivity index (χ2n) is 4.74. The average Bonchev–Trinajstić information content (AvgIpc) is 2.33. The summed E-state index contributed by atoms with van der Waals surface area (Å²) in [6.45, 7) is 3.64. The fourth-order valence-corrected chi connectivity index (χ4v) is 1.91. The highest BCUT2D eigenvalue weighted by Crippen LogP contribution is 2.40. The molecule has 1 aromatic rings. The summed E-state index contributed by atoms with van der Waals surface area (Å²) in [5.74, 6) is 1.02. The van der Waals surface area contributed by atoms with Crippen molar-refractivity contribution in [2.45, 2.75) is 32.4 Å². The van der Waals surface area contributed by atoms with Crippen molar-refractivity contribution in [1.82, 2.24) is 0 Å². The van der Waals surface area contributed by atoms with Crippen LogP contribution in [-0.4, -0.2) is 20.8 Å². The highest BCUT2D eigenvalue weighted by atomic mass is 19.1. The van der Waals surface area contributed by atoms with Crippen molar-refractivity contribution < 1.29 is 13.9 Å². The van der Waals surface area contributed by atoms with Crippen LogP contribution in [0.5, 0.6) is 11.5 Å². The Morgan fingerprint density at radius 2 is 1.89 bits per heavy atom. The van der Waals surface area contributed by atoms with Crippen LogP contribution in [0.2, 0.25) is 0 Å². The molecule has 0 aromatic heterocycles. The molecule has 1 aromatic carbocycles. The molecular formula is C14H22FNO2. The van der Waals surface area contributed by atoms with Crippen LogP contribution in [0, 0.1) is 0 Å². The Kier molecular flexibility index (Phi) is 4.96. The van der Waals surface area contributed by atoms with Gasteiger partial charge in [-0.15, -0.1) is 0 Å². The van der Waals surface area contributed by atoms with Crippen molar-refractivity contribution in [2.24, 2.45) is 5.73 Å². The van der Waals surface area contributed by atoms with Crippen molar-refractivity contribution in [3.8, 4) is 11.5 Å². The molecule has 0 aliphatic heterocycles. The predicted octanol–water partition coefficient (Wildman–Crippen LogP) is 2.80. The van der Waals surface area contributed by atoms with E-state index in [9.17, 15) is 4.39 Å². The van der Waals surface area contributed by atoms with E-state index in [0.29, 0.717) is 23.6 Å². The van der Waals surface area contributed by atoms with Gasteiger partial charge in [0, 0.05) is 5.56 Å². The summed E-state index contributed by atoms with van der Waals surface area (Å²) in [4.78, 5) is 0. The number of alkyl halides is 1. The maximum atomic E-state index is 14.2. The first-order valence-electron chi connectivity index (χ1n) is 6.08. The van der Waals surface area contributed by atoms with Crippen LogP contribution in [0.25, 0.3) is 0 Å². The van der Waals surface area contributed by atoms with E-state index in [1.54, 1.807) is 7.11 Å². The molecule has 4 heteroatoms. The highest BCUT2D eigenvalue weighted by molar-refractivity contribution is 5.51. The minimum absolute atomic E-state index is 0.460. The molecule has 1 rings (SSSR count). The zero-order valence-corrected chi connectivity index (χ0v) is 11.5. The van der Waals surface area contributed by atoms with Gasteiger partial charge in [0.05, 0.1) is 14.2 Å². The summed E-state index contributed by atoms with van der Waals surface area (Å²) in [5, 5.41) is 0. The molecule has 0 aliphatic carbocycles. The molecule has 3 nitrogen and oxygen atoms in total. The van der Waals surface area contributed by atoms with Crippen molar-refractivity contribution >= 4 is 0 Å². The third-order valence-corrected chi connectivity index (χ3v) is 2.85. The van der Waals surface area contributed by atoms with E-state index < -0.39 is 5.67 Å². The number of aryl methyl sites for hydroxylation is 1. The van der Waals surface area contributed by atoms with Crippen molar-refractivity contribution in [3.63, 3.8) is 0 Å². The van der Waals surface area contributed by atoms with Crippen LogP contribution in [0.4, 0.5) is 4.39 Å². The molecule has 0 unspecified atom stereocenters. The summed E-state index contributed by atoms with van der Waals surface area (Å²) in [6, 6.07) is 3.71. The van der Waals surface area contributed by atoms with E-state index in [1.165, 1.54) is 21.0 Å². The van der Waals surface area contributed by atoms with E-state index in [-0.39, 0.29) is 0 Å². The van der Waals surface area contributed by atoms with Gasteiger partial charge in [0.2, 0.25) is 0 Å². The number of ether oxygens (including phenoxy) is 2. The fourth-order valence-electron chi connectivity index (χ4n) is 1.91. The number of rotatable bonds is 6. The number of halogens is 1. The van der Waals surface area contributed by atoms with Gasteiger partial charge in [0.1, 0.15) is 5.67 Å². The van der Waals surface area contributed by atoms with Crippen molar-refractivity contribution in [2.75, 3.05) is 20.8 Å². The standard InChI is InChI=1S/C14H22FNO2/c1-14(2,15)11-8-10(6-5-7-16)9-12(17-3)13(11)18-4/h8-9H,5-7,16H2,1-4H3. The Morgan fingerprint density at radius 3 is 2.33 bits per heavy atom. The van der Waals surface area contributed by atoms with E-state index in [4.69, 9.17) is 15.2 Å². The fraction of sp³-hybridized carbons (Fsp3) is 0.571. The lowest BCUT2D eigenvalue weighted by Crippen LogP contribution is -2.13. The maximum Gasteiger partial charge on any atom is 0.167 e. The lowest BCUT2D eigenvalue weighted by Gasteiger charge is -2.21. The molecule has 0 bridgehead atoms.